The number of hydrogen-bond donors (Lipinski definition) is 0. The van der Waals surface area contributed by atoms with E-state index in [2.05, 4.69) is 22.6 Å². The molecule has 1 aliphatic rings. The number of amides is 1. The Morgan fingerprint density at radius 2 is 1.78 bits per heavy atom. The standard InChI is InChI=1S/C21H24INO4/c1-21(2)13-27-19(14-8-6-5-7-9-14)12-23(21)20(24)15-10-17(25-3)18(26-4)11-16(15)22/h5-11,19H,12-13H2,1-4H3. The molecule has 6 heteroatoms. The summed E-state index contributed by atoms with van der Waals surface area (Å²) in [6, 6.07) is 13.6. The molecule has 1 amide bonds. The Balaban J connectivity index is 1.94. The molecule has 2 aromatic carbocycles. The quantitative estimate of drug-likeness (QED) is 0.612. The van der Waals surface area contributed by atoms with E-state index in [0.717, 1.165) is 9.13 Å². The Kier molecular flexibility index (Phi) is 5.95. The van der Waals surface area contributed by atoms with Gasteiger partial charge in [0.1, 0.15) is 6.10 Å². The maximum Gasteiger partial charge on any atom is 0.255 e. The monoisotopic (exact) mass is 481 g/mol. The summed E-state index contributed by atoms with van der Waals surface area (Å²) in [7, 11) is 3.16. The number of morpholine rings is 1. The molecule has 2 aromatic rings. The molecule has 1 heterocycles. The summed E-state index contributed by atoms with van der Waals surface area (Å²) in [5.41, 5.74) is 1.28. The van der Waals surface area contributed by atoms with Crippen molar-refractivity contribution in [1.29, 1.82) is 0 Å². The number of halogens is 1. The van der Waals surface area contributed by atoms with Crippen LogP contribution < -0.4 is 9.47 Å². The predicted molar refractivity (Wildman–Crippen MR) is 113 cm³/mol. The van der Waals surface area contributed by atoms with Crippen LogP contribution in [-0.2, 0) is 4.74 Å². The third kappa shape index (κ3) is 4.06. The van der Waals surface area contributed by atoms with Crippen molar-refractivity contribution >= 4 is 28.5 Å². The van der Waals surface area contributed by atoms with Gasteiger partial charge in [-0.25, -0.2) is 0 Å². The maximum atomic E-state index is 13.5. The molecular formula is C21H24INO4. The van der Waals surface area contributed by atoms with Gasteiger partial charge in [-0.3, -0.25) is 4.79 Å². The van der Waals surface area contributed by atoms with Crippen molar-refractivity contribution in [2.24, 2.45) is 0 Å². The van der Waals surface area contributed by atoms with Gasteiger partial charge in [-0.15, -0.1) is 0 Å². The highest BCUT2D eigenvalue weighted by atomic mass is 127. The van der Waals surface area contributed by atoms with Crippen molar-refractivity contribution in [3.8, 4) is 11.5 Å². The minimum Gasteiger partial charge on any atom is -0.493 e. The summed E-state index contributed by atoms with van der Waals surface area (Å²) in [6.07, 6.45) is -0.138. The van der Waals surface area contributed by atoms with E-state index >= 15 is 0 Å². The van der Waals surface area contributed by atoms with Crippen LogP contribution in [-0.4, -0.2) is 43.7 Å². The van der Waals surface area contributed by atoms with Gasteiger partial charge in [0.25, 0.3) is 5.91 Å². The summed E-state index contributed by atoms with van der Waals surface area (Å²) >= 11 is 2.17. The zero-order chi connectivity index (χ0) is 19.6. The second-order valence-corrected chi connectivity index (χ2v) is 8.29. The van der Waals surface area contributed by atoms with Crippen LogP contribution in [0.15, 0.2) is 42.5 Å². The summed E-state index contributed by atoms with van der Waals surface area (Å²) in [5, 5.41) is 0. The molecule has 0 bridgehead atoms. The number of hydrogen-bond acceptors (Lipinski definition) is 4. The zero-order valence-electron chi connectivity index (χ0n) is 16.0. The van der Waals surface area contributed by atoms with Gasteiger partial charge in [-0.1, -0.05) is 30.3 Å². The molecule has 0 spiro atoms. The SMILES string of the molecule is COc1cc(I)c(C(=O)N2CC(c3ccccc3)OCC2(C)C)cc1OC. The second kappa shape index (κ2) is 8.06. The highest BCUT2D eigenvalue weighted by Crippen LogP contribution is 2.35. The number of carbonyl (C=O) groups excluding carboxylic acids is 1. The predicted octanol–water partition coefficient (Wildman–Crippen LogP) is 4.30. The van der Waals surface area contributed by atoms with Gasteiger partial charge in [0.15, 0.2) is 11.5 Å². The van der Waals surface area contributed by atoms with Crippen LogP contribution in [0.1, 0.15) is 35.9 Å². The third-order valence-electron chi connectivity index (χ3n) is 4.84. The topological polar surface area (TPSA) is 48.0 Å². The molecule has 1 atom stereocenters. The van der Waals surface area contributed by atoms with Gasteiger partial charge in [-0.2, -0.15) is 0 Å². The average molecular weight is 481 g/mol. The van der Waals surface area contributed by atoms with Crippen LogP contribution >= 0.6 is 22.6 Å². The normalized spacial score (nSPS) is 18.9. The summed E-state index contributed by atoms with van der Waals surface area (Å²) in [4.78, 5) is 15.4. The first-order chi connectivity index (χ1) is 12.9. The van der Waals surface area contributed by atoms with Gasteiger partial charge in [0.2, 0.25) is 0 Å². The number of ether oxygens (including phenoxy) is 3. The molecule has 0 aromatic heterocycles. The van der Waals surface area contributed by atoms with Gasteiger partial charge < -0.3 is 19.1 Å². The van der Waals surface area contributed by atoms with Crippen LogP contribution in [0.5, 0.6) is 11.5 Å². The number of carbonyl (C=O) groups is 1. The van der Waals surface area contributed by atoms with Crippen LogP contribution in [0.2, 0.25) is 0 Å². The number of rotatable bonds is 4. The van der Waals surface area contributed by atoms with Crippen molar-refractivity contribution in [2.75, 3.05) is 27.4 Å². The first kappa shape index (κ1) is 19.9. The lowest BCUT2D eigenvalue weighted by Gasteiger charge is -2.45. The Labute approximate surface area is 173 Å². The van der Waals surface area contributed by atoms with E-state index < -0.39 is 5.54 Å². The molecule has 0 aliphatic carbocycles. The Morgan fingerprint density at radius 3 is 2.41 bits per heavy atom. The first-order valence-corrected chi connectivity index (χ1v) is 9.85. The molecule has 144 valence electrons. The summed E-state index contributed by atoms with van der Waals surface area (Å²) < 4.78 is 17.6. The highest BCUT2D eigenvalue weighted by Gasteiger charge is 2.39. The van der Waals surface area contributed by atoms with Gasteiger partial charge in [-0.05, 0) is 54.1 Å². The van der Waals surface area contributed by atoms with Crippen molar-refractivity contribution < 1.29 is 19.0 Å². The van der Waals surface area contributed by atoms with Crippen molar-refractivity contribution in [2.45, 2.75) is 25.5 Å². The smallest absolute Gasteiger partial charge is 0.255 e. The molecule has 0 radical (unpaired) electrons. The lowest BCUT2D eigenvalue weighted by molar-refractivity contribution is -0.0847. The fraction of sp³-hybridized carbons (Fsp3) is 0.381. The van der Waals surface area contributed by atoms with Crippen molar-refractivity contribution in [3.63, 3.8) is 0 Å². The number of nitrogens with zero attached hydrogens (tertiary/aromatic N) is 1. The molecule has 1 unspecified atom stereocenters. The first-order valence-electron chi connectivity index (χ1n) is 8.77. The molecule has 3 rings (SSSR count). The van der Waals surface area contributed by atoms with Gasteiger partial charge >= 0.3 is 0 Å². The minimum atomic E-state index is -0.404. The third-order valence-corrected chi connectivity index (χ3v) is 5.73. The van der Waals surface area contributed by atoms with E-state index in [9.17, 15) is 4.79 Å². The summed E-state index contributed by atoms with van der Waals surface area (Å²) in [6.45, 7) is 5.03. The molecule has 0 N–H and O–H groups in total. The average Bonchev–Trinajstić information content (AvgIpc) is 2.67. The molecule has 1 saturated heterocycles. The van der Waals surface area contributed by atoms with Crippen molar-refractivity contribution in [3.05, 3.63) is 57.2 Å². The number of methoxy groups -OCH3 is 2. The Morgan fingerprint density at radius 1 is 1.15 bits per heavy atom. The van der Waals surface area contributed by atoms with E-state index in [1.165, 1.54) is 0 Å². The highest BCUT2D eigenvalue weighted by molar-refractivity contribution is 14.1. The minimum absolute atomic E-state index is 0.0328. The molecule has 1 aliphatic heterocycles. The van der Waals surface area contributed by atoms with Crippen LogP contribution in [0, 0.1) is 3.57 Å². The Bertz CT molecular complexity index is 822. The van der Waals surface area contributed by atoms with E-state index in [1.807, 2.05) is 55.1 Å². The fourth-order valence-corrected chi connectivity index (χ4v) is 3.91. The lowest BCUT2D eigenvalue weighted by Crippen LogP contribution is -2.56. The van der Waals surface area contributed by atoms with Crippen LogP contribution in [0.25, 0.3) is 0 Å². The Hall–Kier alpha value is -1.80. The second-order valence-electron chi connectivity index (χ2n) is 7.13. The lowest BCUT2D eigenvalue weighted by atomic mass is 9.96. The van der Waals surface area contributed by atoms with E-state index in [1.54, 1.807) is 20.3 Å². The van der Waals surface area contributed by atoms with E-state index in [-0.39, 0.29) is 12.0 Å². The number of benzene rings is 2. The molecule has 27 heavy (non-hydrogen) atoms. The van der Waals surface area contributed by atoms with Gasteiger partial charge in [0, 0.05) is 3.57 Å². The molecule has 0 saturated carbocycles. The molecule has 5 nitrogen and oxygen atoms in total. The van der Waals surface area contributed by atoms with Crippen molar-refractivity contribution in [1.82, 2.24) is 4.90 Å². The largest absolute Gasteiger partial charge is 0.493 e. The summed E-state index contributed by atoms with van der Waals surface area (Å²) in [5.74, 6) is 1.13. The van der Waals surface area contributed by atoms with Crippen LogP contribution in [0.4, 0.5) is 0 Å². The maximum absolute atomic E-state index is 13.5. The molecule has 1 fully saturated rings. The fourth-order valence-electron chi connectivity index (χ4n) is 3.24. The molecular weight excluding hydrogens is 457 g/mol. The van der Waals surface area contributed by atoms with E-state index in [4.69, 9.17) is 14.2 Å². The van der Waals surface area contributed by atoms with Crippen LogP contribution in [0.3, 0.4) is 0 Å². The van der Waals surface area contributed by atoms with E-state index in [0.29, 0.717) is 30.2 Å². The van der Waals surface area contributed by atoms with Gasteiger partial charge in [0.05, 0.1) is 38.5 Å². The zero-order valence-corrected chi connectivity index (χ0v) is 18.1.